The topological polar surface area (TPSA) is 134 Å². The van der Waals surface area contributed by atoms with Crippen molar-refractivity contribution in [3.63, 3.8) is 0 Å². The number of benzene rings is 2. The van der Waals surface area contributed by atoms with E-state index in [1.807, 2.05) is 52.8 Å². The normalized spacial score (nSPS) is 10.9. The second kappa shape index (κ2) is 23.3. The van der Waals surface area contributed by atoms with Crippen LogP contribution in [0, 0.1) is 19.8 Å². The maximum atomic E-state index is 12.9. The van der Waals surface area contributed by atoms with Crippen LogP contribution in [-0.4, -0.2) is 80.3 Å². The lowest BCUT2D eigenvalue weighted by molar-refractivity contribution is -0.123. The third-order valence-corrected chi connectivity index (χ3v) is 5.75. The van der Waals surface area contributed by atoms with Crippen LogP contribution < -0.4 is 16.4 Å². The number of aryl methyl sites for hydroxylation is 2. The summed E-state index contributed by atoms with van der Waals surface area (Å²) in [5, 5.41) is 15.4. The van der Waals surface area contributed by atoms with E-state index in [0.717, 1.165) is 18.4 Å². The molecule has 2 rings (SSSR count). The molecule has 0 saturated carbocycles. The monoisotopic (exact) mass is 586 g/mol. The zero-order valence-electron chi connectivity index (χ0n) is 26.7. The molecule has 1 atom stereocenters. The molecule has 0 bridgehead atoms. The number of amides is 3. The van der Waals surface area contributed by atoms with Crippen LogP contribution >= 0.6 is 0 Å². The Bertz CT molecular complexity index is 1020. The van der Waals surface area contributed by atoms with Gasteiger partial charge in [-0.2, -0.15) is 0 Å². The minimum absolute atomic E-state index is 0.0387. The van der Waals surface area contributed by atoms with Gasteiger partial charge >= 0.3 is 0 Å². The van der Waals surface area contributed by atoms with Gasteiger partial charge in [-0.25, -0.2) is 0 Å². The maximum Gasteiger partial charge on any atom is 0.253 e. The Morgan fingerprint density at radius 2 is 1.50 bits per heavy atom. The predicted octanol–water partition coefficient (Wildman–Crippen LogP) is 4.10. The molecule has 0 spiro atoms. The summed E-state index contributed by atoms with van der Waals surface area (Å²) in [6.45, 7) is 15.1. The second-order valence-electron chi connectivity index (χ2n) is 10.6. The Labute approximate surface area is 253 Å². The number of methoxy groups -OCH3 is 1. The van der Waals surface area contributed by atoms with E-state index in [9.17, 15) is 19.5 Å². The summed E-state index contributed by atoms with van der Waals surface area (Å²) in [6.07, 6.45) is 0.686. The molecule has 9 heteroatoms. The van der Waals surface area contributed by atoms with Crippen LogP contribution in [0.2, 0.25) is 0 Å². The largest absolute Gasteiger partial charge is 0.391 e. The van der Waals surface area contributed by atoms with Gasteiger partial charge in [0.1, 0.15) is 0 Å². The van der Waals surface area contributed by atoms with Crippen molar-refractivity contribution in [2.24, 2.45) is 11.7 Å². The van der Waals surface area contributed by atoms with Crippen molar-refractivity contribution < 1.29 is 24.2 Å². The summed E-state index contributed by atoms with van der Waals surface area (Å²) in [6, 6.07) is 15.3. The summed E-state index contributed by atoms with van der Waals surface area (Å²) in [7, 11) is 1.63. The third kappa shape index (κ3) is 18.2. The highest BCUT2D eigenvalue weighted by atomic mass is 16.5. The molecule has 0 heterocycles. The van der Waals surface area contributed by atoms with E-state index >= 15 is 0 Å². The minimum atomic E-state index is -0.975. The van der Waals surface area contributed by atoms with Crippen LogP contribution in [0.15, 0.2) is 48.5 Å². The van der Waals surface area contributed by atoms with Gasteiger partial charge in [0, 0.05) is 51.0 Å². The van der Waals surface area contributed by atoms with Gasteiger partial charge in [-0.15, -0.1) is 0 Å². The van der Waals surface area contributed by atoms with Gasteiger partial charge in [0.15, 0.2) is 0 Å². The number of aliphatic hydroxyl groups is 1. The van der Waals surface area contributed by atoms with Crippen LogP contribution in [0.4, 0.5) is 0 Å². The van der Waals surface area contributed by atoms with Crippen LogP contribution in [0.1, 0.15) is 78.8 Å². The molecular weight excluding hydrogens is 532 g/mol. The summed E-state index contributed by atoms with van der Waals surface area (Å²) >= 11 is 0. The number of rotatable bonds is 14. The first kappa shape index (κ1) is 38.7. The van der Waals surface area contributed by atoms with Crippen LogP contribution in [0.5, 0.6) is 0 Å². The van der Waals surface area contributed by atoms with Gasteiger partial charge in [-0.05, 0) is 56.4 Å². The molecule has 0 saturated heterocycles. The zero-order chi connectivity index (χ0) is 31.9. The standard InChI is InChI=1S/C23H37N3O4.C7H8.C3H9NO/c1-6-8-26(9-7-2)23(30)19-11-17(5)10-18(12-19)22(29)25-15-20(27)13-21(28)24-14-16(3)4;1-7-5-3-2-4-6-7;1-5-3-2-4/h10-12,16,20,27H,6-9,13-15H2,1-5H3,(H,24,28)(H,25,29);2-6H,1H3;2-4H2,1H3. The van der Waals surface area contributed by atoms with Crippen molar-refractivity contribution in [2.75, 3.05) is 46.4 Å². The predicted molar refractivity (Wildman–Crippen MR) is 171 cm³/mol. The second-order valence-corrected chi connectivity index (χ2v) is 10.6. The lowest BCUT2D eigenvalue weighted by atomic mass is 10.0. The van der Waals surface area contributed by atoms with Gasteiger partial charge < -0.3 is 31.1 Å². The summed E-state index contributed by atoms with van der Waals surface area (Å²) in [4.78, 5) is 39.0. The van der Waals surface area contributed by atoms with Crippen LogP contribution in [0.25, 0.3) is 0 Å². The van der Waals surface area contributed by atoms with Crippen LogP contribution in [-0.2, 0) is 9.53 Å². The Morgan fingerprint density at radius 3 is 1.95 bits per heavy atom. The smallest absolute Gasteiger partial charge is 0.253 e. The molecular formula is C33H54N4O5. The van der Waals surface area contributed by atoms with Crippen molar-refractivity contribution in [3.8, 4) is 0 Å². The molecule has 5 N–H and O–H groups in total. The lowest BCUT2D eigenvalue weighted by Crippen LogP contribution is -2.37. The first-order valence-electron chi connectivity index (χ1n) is 14.8. The quantitative estimate of drug-likeness (QED) is 0.263. The number of carbonyl (C=O) groups is 3. The molecule has 0 fully saturated rings. The number of ether oxygens (including phenoxy) is 1. The number of hydrogen-bond acceptors (Lipinski definition) is 6. The highest BCUT2D eigenvalue weighted by molar-refractivity contribution is 6.00. The average molecular weight is 587 g/mol. The molecule has 42 heavy (non-hydrogen) atoms. The van der Waals surface area contributed by atoms with E-state index < -0.39 is 6.10 Å². The molecule has 0 radical (unpaired) electrons. The Morgan fingerprint density at radius 1 is 0.905 bits per heavy atom. The van der Waals surface area contributed by atoms with Crippen molar-refractivity contribution in [1.29, 1.82) is 0 Å². The van der Waals surface area contributed by atoms with Crippen molar-refractivity contribution in [1.82, 2.24) is 15.5 Å². The molecule has 0 aliphatic carbocycles. The van der Waals surface area contributed by atoms with Crippen LogP contribution in [0.3, 0.4) is 0 Å². The SMILES string of the molecule is CCCN(CCC)C(=O)c1cc(C)cc(C(=O)NCC(O)CC(=O)NCC(C)C)c1.COCCN.Cc1ccccc1. The first-order chi connectivity index (χ1) is 20.0. The molecule has 1 unspecified atom stereocenters. The number of nitrogens with two attached hydrogens (primary N) is 1. The highest BCUT2D eigenvalue weighted by Crippen LogP contribution is 2.13. The number of hydrogen-bond donors (Lipinski definition) is 4. The molecule has 0 aliphatic rings. The fraction of sp³-hybridized carbons (Fsp3) is 0.545. The Balaban J connectivity index is 0.00000115. The van der Waals surface area contributed by atoms with Gasteiger partial charge in [-0.3, -0.25) is 14.4 Å². The summed E-state index contributed by atoms with van der Waals surface area (Å²) < 4.78 is 4.57. The molecule has 236 valence electrons. The number of aliphatic hydroxyl groups excluding tert-OH is 1. The molecule has 9 nitrogen and oxygen atoms in total. The average Bonchev–Trinajstić information content (AvgIpc) is 2.95. The van der Waals surface area contributed by atoms with Crippen molar-refractivity contribution in [2.45, 2.75) is 66.9 Å². The summed E-state index contributed by atoms with van der Waals surface area (Å²) in [5.41, 5.74) is 7.99. The first-order valence-corrected chi connectivity index (χ1v) is 14.8. The van der Waals surface area contributed by atoms with Gasteiger partial charge in [0.25, 0.3) is 11.8 Å². The minimum Gasteiger partial charge on any atom is -0.391 e. The Hall–Kier alpha value is -3.27. The van der Waals surface area contributed by atoms with E-state index in [1.165, 1.54) is 5.56 Å². The third-order valence-electron chi connectivity index (χ3n) is 5.75. The van der Waals surface area contributed by atoms with E-state index in [2.05, 4.69) is 34.4 Å². The molecule has 2 aromatic carbocycles. The van der Waals surface area contributed by atoms with Crippen molar-refractivity contribution in [3.05, 3.63) is 70.8 Å². The fourth-order valence-electron chi connectivity index (χ4n) is 3.72. The number of nitrogens with one attached hydrogen (secondary N) is 2. The van der Waals surface area contributed by atoms with Gasteiger partial charge in [0.05, 0.1) is 19.1 Å². The highest BCUT2D eigenvalue weighted by Gasteiger charge is 2.18. The number of carbonyl (C=O) groups excluding carboxylic acids is 3. The van der Waals surface area contributed by atoms with E-state index in [4.69, 9.17) is 5.73 Å². The fourth-order valence-corrected chi connectivity index (χ4v) is 3.72. The lowest BCUT2D eigenvalue weighted by Gasteiger charge is -2.22. The van der Waals surface area contributed by atoms with E-state index in [1.54, 1.807) is 30.2 Å². The molecule has 0 aliphatic heterocycles. The van der Waals surface area contributed by atoms with Gasteiger partial charge in [-0.1, -0.05) is 63.6 Å². The van der Waals surface area contributed by atoms with Gasteiger partial charge in [0.2, 0.25) is 5.91 Å². The summed E-state index contributed by atoms with van der Waals surface area (Å²) in [5.74, 6) is -0.388. The maximum absolute atomic E-state index is 12.9. The number of nitrogens with zero attached hydrogens (tertiary/aromatic N) is 1. The van der Waals surface area contributed by atoms with E-state index in [0.29, 0.717) is 49.8 Å². The molecule has 3 amide bonds. The van der Waals surface area contributed by atoms with E-state index in [-0.39, 0.29) is 30.7 Å². The van der Waals surface area contributed by atoms with Crippen molar-refractivity contribution >= 4 is 17.7 Å². The molecule has 2 aromatic rings. The molecule has 0 aromatic heterocycles. The zero-order valence-corrected chi connectivity index (χ0v) is 26.7. The Kier molecular flexibility index (Phi) is 21.5.